The summed E-state index contributed by atoms with van der Waals surface area (Å²) in [6, 6.07) is 0. The number of hydrogen-bond acceptors (Lipinski definition) is 2. The fourth-order valence-electron chi connectivity index (χ4n) is 0.451. The van der Waals surface area contributed by atoms with Gasteiger partial charge in [-0.1, -0.05) is 0 Å². The third kappa shape index (κ3) is 2.85. The minimum absolute atomic E-state index is 0. The largest absolute Gasteiger partial charge is 0.317 e. The minimum Gasteiger partial charge on any atom is -0.317 e. The first-order chi connectivity index (χ1) is 2.93. The van der Waals surface area contributed by atoms with Gasteiger partial charge in [0.15, 0.2) is 0 Å². The van der Waals surface area contributed by atoms with Gasteiger partial charge in [-0.3, -0.25) is 0 Å². The third-order valence-corrected chi connectivity index (χ3v) is 1.08. The van der Waals surface area contributed by atoms with Crippen molar-refractivity contribution in [3.63, 3.8) is 0 Å². The Labute approximate surface area is 49.3 Å². The Bertz CT molecular complexity index is 47.0. The molecule has 0 aromatic rings. The van der Waals surface area contributed by atoms with Crippen LogP contribution in [0.4, 0.5) is 0 Å². The van der Waals surface area contributed by atoms with Crippen LogP contribution < -0.4 is 5.48 Å². The van der Waals surface area contributed by atoms with Gasteiger partial charge in [0.05, 0.1) is 0 Å². The molecule has 1 aliphatic rings. The minimum atomic E-state index is 0. The first-order valence-electron chi connectivity index (χ1n) is 2.30. The second-order valence-electron chi connectivity index (χ2n) is 1.81. The maximum atomic E-state index is 8.03. The van der Waals surface area contributed by atoms with Crippen LogP contribution in [0.3, 0.4) is 0 Å². The van der Waals surface area contributed by atoms with Crippen LogP contribution in [0.15, 0.2) is 0 Å². The van der Waals surface area contributed by atoms with Gasteiger partial charge in [0.25, 0.3) is 0 Å². The number of nitrogens with one attached hydrogen (secondary N) is 1. The average Bonchev–Trinajstić information content (AvgIpc) is 2.21. The van der Waals surface area contributed by atoms with E-state index in [9.17, 15) is 0 Å². The Morgan fingerprint density at radius 1 is 1.57 bits per heavy atom. The molecule has 0 unspecified atom stereocenters. The predicted octanol–water partition coefficient (Wildman–Crippen LogP) is 0.797. The van der Waals surface area contributed by atoms with Crippen LogP contribution in [0.25, 0.3) is 0 Å². The smallest absolute Gasteiger partial charge is 0.0235 e. The molecule has 0 bridgehead atoms. The summed E-state index contributed by atoms with van der Waals surface area (Å²) < 4.78 is 0. The van der Waals surface area contributed by atoms with Crippen molar-refractivity contribution in [2.45, 2.75) is 12.8 Å². The molecule has 0 spiro atoms. The van der Waals surface area contributed by atoms with Crippen molar-refractivity contribution >= 4 is 12.4 Å². The number of hydroxylamine groups is 1. The lowest BCUT2D eigenvalue weighted by Gasteiger charge is -1.86. The summed E-state index contributed by atoms with van der Waals surface area (Å²) in [6.45, 7) is 0.792. The van der Waals surface area contributed by atoms with Crippen LogP contribution in [-0.4, -0.2) is 11.8 Å². The summed E-state index contributed by atoms with van der Waals surface area (Å²) in [7, 11) is 0. The molecule has 0 radical (unpaired) electrons. The highest BCUT2D eigenvalue weighted by Gasteiger charge is 2.19. The zero-order valence-corrected chi connectivity index (χ0v) is 4.87. The molecule has 7 heavy (non-hydrogen) atoms. The summed E-state index contributed by atoms with van der Waals surface area (Å²) in [5.74, 6) is 0.787. The quantitative estimate of drug-likeness (QED) is 0.533. The molecule has 0 aromatic carbocycles. The van der Waals surface area contributed by atoms with Gasteiger partial charge in [0.2, 0.25) is 0 Å². The second kappa shape index (κ2) is 3.24. The molecule has 0 aliphatic heterocycles. The van der Waals surface area contributed by atoms with E-state index in [1.54, 1.807) is 0 Å². The van der Waals surface area contributed by atoms with Crippen LogP contribution in [0.5, 0.6) is 0 Å². The van der Waals surface area contributed by atoms with Gasteiger partial charge >= 0.3 is 0 Å². The van der Waals surface area contributed by atoms with Crippen LogP contribution in [-0.2, 0) is 0 Å². The van der Waals surface area contributed by atoms with Crippen molar-refractivity contribution in [2.75, 3.05) is 6.54 Å². The molecular weight excluding hydrogens is 114 g/mol. The Morgan fingerprint density at radius 2 is 2.14 bits per heavy atom. The fourth-order valence-corrected chi connectivity index (χ4v) is 0.451. The van der Waals surface area contributed by atoms with E-state index in [4.69, 9.17) is 5.21 Å². The topological polar surface area (TPSA) is 32.3 Å². The summed E-state index contributed by atoms with van der Waals surface area (Å²) in [5.41, 5.74) is 2.13. The molecular formula is C4H10ClNO. The molecule has 2 nitrogen and oxygen atoms in total. The van der Waals surface area contributed by atoms with Crippen molar-refractivity contribution in [3.05, 3.63) is 0 Å². The molecule has 1 aliphatic carbocycles. The Morgan fingerprint density at radius 3 is 2.29 bits per heavy atom. The summed E-state index contributed by atoms with van der Waals surface area (Å²) >= 11 is 0. The lowest BCUT2D eigenvalue weighted by atomic mass is 10.4. The number of halogens is 1. The van der Waals surface area contributed by atoms with Crippen molar-refractivity contribution < 1.29 is 5.21 Å². The maximum absolute atomic E-state index is 8.03. The average molecular weight is 124 g/mol. The molecule has 0 atom stereocenters. The number of hydrogen-bond donors (Lipinski definition) is 2. The van der Waals surface area contributed by atoms with Crippen LogP contribution in [0.2, 0.25) is 0 Å². The molecule has 0 aromatic heterocycles. The second-order valence-corrected chi connectivity index (χ2v) is 1.81. The van der Waals surface area contributed by atoms with Crippen LogP contribution in [0, 0.1) is 5.92 Å². The van der Waals surface area contributed by atoms with Crippen LogP contribution in [0.1, 0.15) is 12.8 Å². The molecule has 0 heterocycles. The van der Waals surface area contributed by atoms with E-state index in [1.165, 1.54) is 12.8 Å². The van der Waals surface area contributed by atoms with Crippen molar-refractivity contribution in [1.82, 2.24) is 5.48 Å². The van der Waals surface area contributed by atoms with E-state index in [-0.39, 0.29) is 12.4 Å². The van der Waals surface area contributed by atoms with E-state index < -0.39 is 0 Å². The molecule has 2 N–H and O–H groups in total. The first kappa shape index (κ1) is 7.21. The summed E-state index contributed by atoms with van der Waals surface area (Å²) in [5, 5.41) is 8.03. The van der Waals surface area contributed by atoms with Gasteiger partial charge in [-0.25, -0.2) is 5.48 Å². The molecule has 0 amide bonds. The van der Waals surface area contributed by atoms with Crippen molar-refractivity contribution in [1.29, 1.82) is 0 Å². The monoisotopic (exact) mass is 123 g/mol. The lowest BCUT2D eigenvalue weighted by molar-refractivity contribution is 0.162. The molecule has 1 saturated carbocycles. The zero-order chi connectivity index (χ0) is 4.41. The zero-order valence-electron chi connectivity index (χ0n) is 4.05. The fraction of sp³-hybridized carbons (Fsp3) is 1.00. The van der Waals surface area contributed by atoms with E-state index >= 15 is 0 Å². The summed E-state index contributed by atoms with van der Waals surface area (Å²) in [4.78, 5) is 0. The Balaban J connectivity index is 0.000000360. The van der Waals surface area contributed by atoms with Gasteiger partial charge in [-0.15, -0.1) is 12.4 Å². The predicted molar refractivity (Wildman–Crippen MR) is 29.8 cm³/mol. The summed E-state index contributed by atoms with van der Waals surface area (Å²) in [6.07, 6.45) is 2.60. The van der Waals surface area contributed by atoms with E-state index in [0.717, 1.165) is 12.5 Å². The maximum Gasteiger partial charge on any atom is 0.0235 e. The van der Waals surface area contributed by atoms with Gasteiger partial charge < -0.3 is 5.21 Å². The van der Waals surface area contributed by atoms with Gasteiger partial charge in [0, 0.05) is 6.54 Å². The number of rotatable bonds is 2. The van der Waals surface area contributed by atoms with Gasteiger partial charge in [-0.05, 0) is 18.8 Å². The lowest BCUT2D eigenvalue weighted by Crippen LogP contribution is -2.09. The normalized spacial score (nSPS) is 18.4. The van der Waals surface area contributed by atoms with Crippen molar-refractivity contribution in [2.24, 2.45) is 5.92 Å². The first-order valence-corrected chi connectivity index (χ1v) is 2.30. The highest BCUT2D eigenvalue weighted by Crippen LogP contribution is 2.27. The van der Waals surface area contributed by atoms with Gasteiger partial charge in [0.1, 0.15) is 0 Å². The molecule has 44 valence electrons. The van der Waals surface area contributed by atoms with E-state index in [1.807, 2.05) is 0 Å². The van der Waals surface area contributed by atoms with Gasteiger partial charge in [-0.2, -0.15) is 0 Å². The highest BCUT2D eigenvalue weighted by atomic mass is 35.5. The standard InChI is InChI=1S/C4H9NO.ClH/c6-5-3-4-1-2-4;/h4-6H,1-3H2;1H. The van der Waals surface area contributed by atoms with E-state index in [2.05, 4.69) is 5.48 Å². The molecule has 1 rings (SSSR count). The van der Waals surface area contributed by atoms with E-state index in [0.29, 0.717) is 0 Å². The molecule has 3 heteroatoms. The third-order valence-electron chi connectivity index (χ3n) is 1.08. The Hall–Kier alpha value is 0.210. The Kier molecular flexibility index (Phi) is 3.34. The molecule has 0 saturated heterocycles. The van der Waals surface area contributed by atoms with Crippen LogP contribution >= 0.6 is 12.4 Å². The molecule has 1 fully saturated rings. The van der Waals surface area contributed by atoms with Crippen molar-refractivity contribution in [3.8, 4) is 0 Å². The highest BCUT2D eigenvalue weighted by molar-refractivity contribution is 5.85. The SMILES string of the molecule is Cl.ONCC1CC1.